The average molecular weight is 328 g/mol. The second kappa shape index (κ2) is 6.45. The maximum absolute atomic E-state index is 12.9. The summed E-state index contributed by atoms with van der Waals surface area (Å²) in [7, 11) is 0. The lowest BCUT2D eigenvalue weighted by molar-refractivity contribution is 0.0937. The fourth-order valence-electron chi connectivity index (χ4n) is 1.92. The van der Waals surface area contributed by atoms with Gasteiger partial charge in [-0.1, -0.05) is 12.6 Å². The van der Waals surface area contributed by atoms with Crippen LogP contribution < -0.4 is 10.9 Å². The molecule has 2 heterocycles. The van der Waals surface area contributed by atoms with Crippen LogP contribution in [-0.4, -0.2) is 16.1 Å². The number of carbonyl (C=O) groups excluding carboxylic acids is 1. The summed E-state index contributed by atoms with van der Waals surface area (Å²) in [6.45, 7) is 3.85. The van der Waals surface area contributed by atoms with Gasteiger partial charge >= 0.3 is 0 Å². The number of amides is 1. The molecule has 2 aromatic heterocycles. The van der Waals surface area contributed by atoms with Gasteiger partial charge in [-0.25, -0.2) is 4.39 Å². The lowest BCUT2D eigenvalue weighted by atomic mass is 10.1. The van der Waals surface area contributed by atoms with E-state index >= 15 is 0 Å². The molecule has 3 aromatic rings. The molecule has 1 amide bonds. The van der Waals surface area contributed by atoms with Crippen LogP contribution in [-0.2, 0) is 0 Å². The smallest absolute Gasteiger partial charge is 0.287 e. The first-order valence-corrected chi connectivity index (χ1v) is 7.62. The summed E-state index contributed by atoms with van der Waals surface area (Å²) in [6.07, 6.45) is 0. The van der Waals surface area contributed by atoms with Gasteiger partial charge < -0.3 is 0 Å². The molecule has 0 spiro atoms. The molecule has 116 valence electrons. The van der Waals surface area contributed by atoms with Gasteiger partial charge in [-0.15, -0.1) is 11.3 Å². The number of hydrogen-bond acceptors (Lipinski definition) is 4. The van der Waals surface area contributed by atoms with E-state index in [-0.39, 0.29) is 17.4 Å². The average Bonchev–Trinajstić information content (AvgIpc) is 3.24. The molecule has 0 saturated carbocycles. The van der Waals surface area contributed by atoms with E-state index in [1.807, 2.05) is 17.5 Å². The Morgan fingerprint density at radius 3 is 2.70 bits per heavy atom. The Morgan fingerprint density at radius 1 is 1.22 bits per heavy atom. The Kier molecular flexibility index (Phi) is 4.20. The topological polar surface area (TPSA) is 69.8 Å². The molecule has 0 radical (unpaired) electrons. The molecule has 1 aromatic carbocycles. The molecule has 3 N–H and O–H groups in total. The Labute approximate surface area is 135 Å². The van der Waals surface area contributed by atoms with Crippen molar-refractivity contribution in [2.45, 2.75) is 0 Å². The predicted octanol–water partition coefficient (Wildman–Crippen LogP) is 3.18. The van der Waals surface area contributed by atoms with Gasteiger partial charge in [-0.3, -0.25) is 20.7 Å². The third kappa shape index (κ3) is 3.46. The van der Waals surface area contributed by atoms with E-state index in [0.29, 0.717) is 11.4 Å². The SMILES string of the molecule is C=C(NNC(=O)c1cc(-c2ccc(F)cc2)n[nH]1)c1cccs1. The molecule has 0 unspecified atom stereocenters. The van der Waals surface area contributed by atoms with Crippen LogP contribution in [0.5, 0.6) is 0 Å². The number of nitrogens with zero attached hydrogens (tertiary/aromatic N) is 1. The zero-order valence-corrected chi connectivity index (χ0v) is 12.8. The third-order valence-corrected chi connectivity index (χ3v) is 4.04. The van der Waals surface area contributed by atoms with E-state index < -0.39 is 0 Å². The molecular formula is C16H13FN4OS. The summed E-state index contributed by atoms with van der Waals surface area (Å²) in [5.74, 6) is -0.692. The summed E-state index contributed by atoms with van der Waals surface area (Å²) < 4.78 is 12.9. The first-order valence-electron chi connectivity index (χ1n) is 6.74. The van der Waals surface area contributed by atoms with Gasteiger partial charge in [0, 0.05) is 5.56 Å². The summed E-state index contributed by atoms with van der Waals surface area (Å²) in [4.78, 5) is 13.0. The lowest BCUT2D eigenvalue weighted by Gasteiger charge is -2.08. The second-order valence-electron chi connectivity index (χ2n) is 4.71. The Balaban J connectivity index is 1.64. The molecule has 0 atom stereocenters. The van der Waals surface area contributed by atoms with Crippen molar-refractivity contribution in [1.82, 2.24) is 21.0 Å². The minimum Gasteiger partial charge on any atom is -0.297 e. The molecule has 0 saturated heterocycles. The van der Waals surface area contributed by atoms with Crippen LogP contribution in [0.15, 0.2) is 54.4 Å². The lowest BCUT2D eigenvalue weighted by Crippen LogP contribution is -2.35. The minimum absolute atomic E-state index is 0.288. The zero-order valence-electron chi connectivity index (χ0n) is 12.0. The van der Waals surface area contributed by atoms with Crippen LogP contribution >= 0.6 is 11.3 Å². The maximum atomic E-state index is 12.9. The van der Waals surface area contributed by atoms with Crippen LogP contribution in [0.2, 0.25) is 0 Å². The molecule has 0 bridgehead atoms. The molecule has 0 aliphatic rings. The quantitative estimate of drug-likeness (QED) is 0.630. The number of hydrogen-bond donors (Lipinski definition) is 3. The second-order valence-corrected chi connectivity index (χ2v) is 5.66. The number of hydrazine groups is 1. The molecule has 5 nitrogen and oxygen atoms in total. The molecule has 23 heavy (non-hydrogen) atoms. The molecule has 3 rings (SSSR count). The van der Waals surface area contributed by atoms with Crippen molar-refractivity contribution >= 4 is 22.9 Å². The Morgan fingerprint density at radius 2 is 2.00 bits per heavy atom. The number of aromatic nitrogens is 2. The molecule has 0 aliphatic carbocycles. The Hall–Kier alpha value is -2.93. The molecule has 0 aliphatic heterocycles. The van der Waals surface area contributed by atoms with Crippen LogP contribution in [0.3, 0.4) is 0 Å². The van der Waals surface area contributed by atoms with Gasteiger partial charge in [0.25, 0.3) is 5.91 Å². The summed E-state index contributed by atoms with van der Waals surface area (Å²) >= 11 is 1.52. The largest absolute Gasteiger partial charge is 0.297 e. The number of halogens is 1. The fourth-order valence-corrected chi connectivity index (χ4v) is 2.57. The molecule has 7 heteroatoms. The highest BCUT2D eigenvalue weighted by Crippen LogP contribution is 2.18. The number of H-pyrrole nitrogens is 1. The van der Waals surface area contributed by atoms with Crippen LogP contribution in [0.1, 0.15) is 15.4 Å². The van der Waals surface area contributed by atoms with E-state index in [1.54, 1.807) is 18.2 Å². The van der Waals surface area contributed by atoms with Crippen molar-refractivity contribution in [1.29, 1.82) is 0 Å². The highest BCUT2D eigenvalue weighted by molar-refractivity contribution is 7.11. The summed E-state index contributed by atoms with van der Waals surface area (Å²) in [6, 6.07) is 11.3. The van der Waals surface area contributed by atoms with Crippen molar-refractivity contribution in [3.63, 3.8) is 0 Å². The van der Waals surface area contributed by atoms with Gasteiger partial charge in [-0.05, 0) is 41.8 Å². The number of nitrogens with one attached hydrogen (secondary N) is 3. The van der Waals surface area contributed by atoms with Crippen molar-refractivity contribution in [3.8, 4) is 11.3 Å². The van der Waals surface area contributed by atoms with Gasteiger partial charge in [0.05, 0.1) is 16.3 Å². The maximum Gasteiger partial charge on any atom is 0.287 e. The van der Waals surface area contributed by atoms with E-state index in [9.17, 15) is 9.18 Å². The number of rotatable bonds is 5. The van der Waals surface area contributed by atoms with E-state index in [2.05, 4.69) is 27.6 Å². The van der Waals surface area contributed by atoms with Crippen molar-refractivity contribution < 1.29 is 9.18 Å². The van der Waals surface area contributed by atoms with Gasteiger partial charge in [0.15, 0.2) is 0 Å². The van der Waals surface area contributed by atoms with E-state index in [0.717, 1.165) is 10.4 Å². The van der Waals surface area contributed by atoms with Crippen LogP contribution in [0.25, 0.3) is 17.0 Å². The number of benzene rings is 1. The highest BCUT2D eigenvalue weighted by atomic mass is 32.1. The summed E-state index contributed by atoms with van der Waals surface area (Å²) in [5.41, 5.74) is 7.48. The first-order chi connectivity index (χ1) is 11.1. The number of aromatic amines is 1. The van der Waals surface area contributed by atoms with Gasteiger partial charge in [0.1, 0.15) is 11.5 Å². The number of carbonyl (C=O) groups is 1. The van der Waals surface area contributed by atoms with Crippen molar-refractivity contribution in [3.05, 3.63) is 70.8 Å². The van der Waals surface area contributed by atoms with E-state index in [1.165, 1.54) is 23.5 Å². The molecular weight excluding hydrogens is 315 g/mol. The normalized spacial score (nSPS) is 10.3. The van der Waals surface area contributed by atoms with Crippen molar-refractivity contribution in [2.75, 3.05) is 0 Å². The van der Waals surface area contributed by atoms with Crippen LogP contribution in [0, 0.1) is 5.82 Å². The van der Waals surface area contributed by atoms with Crippen LogP contribution in [0.4, 0.5) is 4.39 Å². The zero-order chi connectivity index (χ0) is 16.2. The standard InChI is InChI=1S/C16H13FN4OS/c1-10(15-3-2-8-23-15)18-21-16(22)14-9-13(19-20-14)11-4-6-12(17)7-5-11/h2-9,18H,1H2,(H,19,20)(H,21,22). The minimum atomic E-state index is -0.372. The first kappa shape index (κ1) is 15.0. The highest BCUT2D eigenvalue weighted by Gasteiger charge is 2.11. The van der Waals surface area contributed by atoms with E-state index in [4.69, 9.17) is 0 Å². The Bertz CT molecular complexity index is 824. The van der Waals surface area contributed by atoms with Crippen molar-refractivity contribution in [2.24, 2.45) is 0 Å². The van der Waals surface area contributed by atoms with Gasteiger partial charge in [0.2, 0.25) is 0 Å². The monoisotopic (exact) mass is 328 g/mol. The summed E-state index contributed by atoms with van der Waals surface area (Å²) in [5, 5.41) is 8.64. The van der Waals surface area contributed by atoms with Gasteiger partial charge in [-0.2, -0.15) is 5.10 Å². The fraction of sp³-hybridized carbons (Fsp3) is 0. The third-order valence-electron chi connectivity index (χ3n) is 3.11. The predicted molar refractivity (Wildman–Crippen MR) is 87.9 cm³/mol. The molecule has 0 fully saturated rings. The number of thiophene rings is 1.